The SMILES string of the molecule is N[C@@H](c1noc(C2CC2)n1)[C@H]1CCCO1. The normalized spacial score (nSPS) is 28.2. The molecule has 5 heteroatoms. The molecule has 5 nitrogen and oxygen atoms in total. The van der Waals surface area contributed by atoms with E-state index >= 15 is 0 Å². The monoisotopic (exact) mass is 209 g/mol. The molecule has 0 bridgehead atoms. The highest BCUT2D eigenvalue weighted by atomic mass is 16.5. The van der Waals surface area contributed by atoms with Gasteiger partial charge >= 0.3 is 0 Å². The molecule has 2 atom stereocenters. The second kappa shape index (κ2) is 3.57. The van der Waals surface area contributed by atoms with E-state index in [1.165, 1.54) is 0 Å². The minimum atomic E-state index is -0.233. The van der Waals surface area contributed by atoms with Gasteiger partial charge in [0.1, 0.15) is 0 Å². The van der Waals surface area contributed by atoms with Gasteiger partial charge in [0.25, 0.3) is 0 Å². The largest absolute Gasteiger partial charge is 0.376 e. The highest BCUT2D eigenvalue weighted by Crippen LogP contribution is 2.39. The summed E-state index contributed by atoms with van der Waals surface area (Å²) in [4.78, 5) is 4.33. The standard InChI is InChI=1S/C10H15N3O2/c11-8(7-2-1-5-14-7)9-12-10(15-13-9)6-3-4-6/h6-8H,1-5,11H2/t7-,8-/m1/s1. The van der Waals surface area contributed by atoms with Crippen molar-refractivity contribution >= 4 is 0 Å². The first-order valence-corrected chi connectivity index (χ1v) is 5.55. The first-order valence-electron chi connectivity index (χ1n) is 5.55. The average molecular weight is 209 g/mol. The van der Waals surface area contributed by atoms with Crippen molar-refractivity contribution < 1.29 is 9.26 Å². The van der Waals surface area contributed by atoms with Crippen LogP contribution in [0, 0.1) is 0 Å². The molecule has 0 aromatic carbocycles. The van der Waals surface area contributed by atoms with Crippen molar-refractivity contribution in [2.75, 3.05) is 6.61 Å². The number of nitrogens with zero attached hydrogens (tertiary/aromatic N) is 2. The molecule has 2 heterocycles. The van der Waals surface area contributed by atoms with Crippen molar-refractivity contribution in [3.63, 3.8) is 0 Å². The van der Waals surface area contributed by atoms with Crippen LogP contribution < -0.4 is 5.73 Å². The summed E-state index contributed by atoms with van der Waals surface area (Å²) in [5.74, 6) is 1.84. The second-order valence-electron chi connectivity index (χ2n) is 4.34. The Morgan fingerprint density at radius 3 is 2.87 bits per heavy atom. The topological polar surface area (TPSA) is 74.2 Å². The minimum Gasteiger partial charge on any atom is -0.376 e. The maximum atomic E-state index is 6.02. The van der Waals surface area contributed by atoms with Crippen molar-refractivity contribution in [1.82, 2.24) is 10.1 Å². The highest BCUT2D eigenvalue weighted by Gasteiger charge is 2.32. The van der Waals surface area contributed by atoms with Gasteiger partial charge in [-0.1, -0.05) is 5.16 Å². The van der Waals surface area contributed by atoms with E-state index in [1.807, 2.05) is 0 Å². The molecular formula is C10H15N3O2. The molecule has 2 fully saturated rings. The number of hydrogen-bond acceptors (Lipinski definition) is 5. The van der Waals surface area contributed by atoms with Crippen molar-refractivity contribution in [2.45, 2.75) is 43.7 Å². The Labute approximate surface area is 88.0 Å². The molecule has 0 spiro atoms. The molecule has 15 heavy (non-hydrogen) atoms. The number of ether oxygens (including phenoxy) is 1. The fourth-order valence-electron chi connectivity index (χ4n) is 1.93. The zero-order valence-electron chi connectivity index (χ0n) is 8.56. The van der Waals surface area contributed by atoms with Crippen molar-refractivity contribution in [3.8, 4) is 0 Å². The number of aromatic nitrogens is 2. The summed E-state index contributed by atoms with van der Waals surface area (Å²) in [5, 5.41) is 3.93. The van der Waals surface area contributed by atoms with Gasteiger partial charge in [-0.25, -0.2) is 0 Å². The van der Waals surface area contributed by atoms with Gasteiger partial charge in [-0.05, 0) is 25.7 Å². The first-order chi connectivity index (χ1) is 7.34. The molecule has 0 amide bonds. The van der Waals surface area contributed by atoms with Gasteiger partial charge in [0.05, 0.1) is 12.1 Å². The Bertz CT molecular complexity index is 342. The van der Waals surface area contributed by atoms with Crippen LogP contribution in [0.15, 0.2) is 4.52 Å². The van der Waals surface area contributed by atoms with Gasteiger partial charge in [0.15, 0.2) is 5.82 Å². The van der Waals surface area contributed by atoms with E-state index in [4.69, 9.17) is 15.0 Å². The summed E-state index contributed by atoms with van der Waals surface area (Å²) >= 11 is 0. The Balaban J connectivity index is 1.72. The van der Waals surface area contributed by atoms with Gasteiger partial charge in [-0.2, -0.15) is 4.98 Å². The lowest BCUT2D eigenvalue weighted by Gasteiger charge is -2.13. The van der Waals surface area contributed by atoms with Crippen LogP contribution in [-0.2, 0) is 4.74 Å². The van der Waals surface area contributed by atoms with Crippen molar-refractivity contribution in [2.24, 2.45) is 5.73 Å². The van der Waals surface area contributed by atoms with E-state index < -0.39 is 0 Å². The molecule has 2 aliphatic rings. The maximum Gasteiger partial charge on any atom is 0.229 e. The molecule has 0 radical (unpaired) electrons. The van der Waals surface area contributed by atoms with Crippen LogP contribution >= 0.6 is 0 Å². The van der Waals surface area contributed by atoms with Crippen molar-refractivity contribution in [1.29, 1.82) is 0 Å². The summed E-state index contributed by atoms with van der Waals surface area (Å²) in [6.45, 7) is 0.797. The molecule has 1 aliphatic carbocycles. The molecule has 1 aromatic rings. The van der Waals surface area contributed by atoms with E-state index in [-0.39, 0.29) is 12.1 Å². The van der Waals surface area contributed by atoms with Crippen molar-refractivity contribution in [3.05, 3.63) is 11.7 Å². The number of rotatable bonds is 3. The lowest BCUT2D eigenvalue weighted by Crippen LogP contribution is -2.26. The Hall–Kier alpha value is -0.940. The quantitative estimate of drug-likeness (QED) is 0.807. The number of nitrogens with two attached hydrogens (primary N) is 1. The molecular weight excluding hydrogens is 194 g/mol. The lowest BCUT2D eigenvalue weighted by atomic mass is 10.1. The molecule has 1 saturated heterocycles. The van der Waals surface area contributed by atoms with E-state index in [0.29, 0.717) is 11.7 Å². The first kappa shape index (κ1) is 9.30. The highest BCUT2D eigenvalue weighted by molar-refractivity contribution is 5.04. The fourth-order valence-corrected chi connectivity index (χ4v) is 1.93. The van der Waals surface area contributed by atoms with Gasteiger partial charge < -0.3 is 15.0 Å². The predicted molar refractivity (Wildman–Crippen MR) is 52.2 cm³/mol. The second-order valence-corrected chi connectivity index (χ2v) is 4.34. The molecule has 0 unspecified atom stereocenters. The van der Waals surface area contributed by atoms with E-state index in [2.05, 4.69) is 10.1 Å². The molecule has 3 rings (SSSR count). The van der Waals surface area contributed by atoms with Gasteiger partial charge in [0.2, 0.25) is 5.89 Å². The minimum absolute atomic E-state index is 0.0645. The third kappa shape index (κ3) is 1.77. The fraction of sp³-hybridized carbons (Fsp3) is 0.800. The molecule has 1 saturated carbocycles. The maximum absolute atomic E-state index is 6.02. The van der Waals surface area contributed by atoms with Crippen LogP contribution in [0.1, 0.15) is 49.4 Å². The van der Waals surface area contributed by atoms with E-state index in [9.17, 15) is 0 Å². The van der Waals surface area contributed by atoms with Crippen LogP contribution in [0.5, 0.6) is 0 Å². The zero-order chi connectivity index (χ0) is 10.3. The summed E-state index contributed by atoms with van der Waals surface area (Å²) in [5.41, 5.74) is 6.02. The average Bonchev–Trinajstić information content (AvgIpc) is 2.83. The van der Waals surface area contributed by atoms with Crippen LogP contribution in [0.2, 0.25) is 0 Å². The Kier molecular flexibility index (Phi) is 2.21. The lowest BCUT2D eigenvalue weighted by molar-refractivity contribution is 0.0870. The summed E-state index contributed by atoms with van der Waals surface area (Å²) in [6.07, 6.45) is 4.46. The molecule has 1 aliphatic heterocycles. The number of hydrogen-bond donors (Lipinski definition) is 1. The Morgan fingerprint density at radius 1 is 1.33 bits per heavy atom. The predicted octanol–water partition coefficient (Wildman–Crippen LogP) is 1.13. The summed E-state index contributed by atoms with van der Waals surface area (Å²) < 4.78 is 10.7. The van der Waals surface area contributed by atoms with Gasteiger partial charge in [0, 0.05) is 12.5 Å². The molecule has 82 valence electrons. The van der Waals surface area contributed by atoms with Gasteiger partial charge in [-0.15, -0.1) is 0 Å². The van der Waals surface area contributed by atoms with Crippen LogP contribution in [-0.4, -0.2) is 22.9 Å². The Morgan fingerprint density at radius 2 is 2.20 bits per heavy atom. The van der Waals surface area contributed by atoms with Crippen LogP contribution in [0.25, 0.3) is 0 Å². The molecule has 2 N–H and O–H groups in total. The van der Waals surface area contributed by atoms with Crippen LogP contribution in [0.4, 0.5) is 0 Å². The van der Waals surface area contributed by atoms with Crippen LogP contribution in [0.3, 0.4) is 0 Å². The molecule has 1 aromatic heterocycles. The van der Waals surface area contributed by atoms with E-state index in [0.717, 1.165) is 38.2 Å². The zero-order valence-corrected chi connectivity index (χ0v) is 8.56. The summed E-state index contributed by atoms with van der Waals surface area (Å²) in [7, 11) is 0. The van der Waals surface area contributed by atoms with E-state index in [1.54, 1.807) is 0 Å². The van der Waals surface area contributed by atoms with Gasteiger partial charge in [-0.3, -0.25) is 0 Å². The third-order valence-corrected chi connectivity index (χ3v) is 3.05. The third-order valence-electron chi connectivity index (χ3n) is 3.05. The smallest absolute Gasteiger partial charge is 0.229 e. The summed E-state index contributed by atoms with van der Waals surface area (Å²) in [6, 6.07) is -0.233.